The van der Waals surface area contributed by atoms with Gasteiger partial charge in [-0.15, -0.1) is 0 Å². The minimum absolute atomic E-state index is 0.0778. The second-order valence-electron chi connectivity index (χ2n) is 3.63. The highest BCUT2D eigenvalue weighted by Gasteiger charge is 2.39. The molecule has 0 aromatic rings. The van der Waals surface area contributed by atoms with E-state index in [-0.39, 0.29) is 4.29 Å². The molecule has 0 bridgehead atoms. The van der Waals surface area contributed by atoms with Gasteiger partial charge in [0, 0.05) is 0 Å². The van der Waals surface area contributed by atoms with E-state index >= 15 is 0 Å². The van der Waals surface area contributed by atoms with Crippen LogP contribution < -0.4 is 0 Å². The van der Waals surface area contributed by atoms with Crippen LogP contribution in [0, 0.1) is 11.8 Å². The van der Waals surface area contributed by atoms with Crippen LogP contribution in [0.5, 0.6) is 0 Å². The highest BCUT2D eigenvalue weighted by molar-refractivity contribution is 9.39. The first kappa shape index (κ1) is 14.9. The maximum Gasteiger partial charge on any atom is 0.137 e. The maximum absolute atomic E-state index is 3.61. The van der Waals surface area contributed by atoms with E-state index in [0.717, 1.165) is 0 Å². The minimum Gasteiger partial charge on any atom is -0.0596 e. The van der Waals surface area contributed by atoms with E-state index in [9.17, 15) is 0 Å². The van der Waals surface area contributed by atoms with Crippen molar-refractivity contribution in [2.75, 3.05) is 0 Å². The number of hydrogen-bond acceptors (Lipinski definition) is 0. The van der Waals surface area contributed by atoms with Crippen LogP contribution in [-0.2, 0) is 0 Å². The number of halogens is 6. The van der Waals surface area contributed by atoms with Crippen molar-refractivity contribution in [2.24, 2.45) is 11.8 Å². The van der Waals surface area contributed by atoms with Gasteiger partial charge < -0.3 is 0 Å². The van der Waals surface area contributed by atoms with Crippen molar-refractivity contribution < 1.29 is 0 Å². The summed E-state index contributed by atoms with van der Waals surface area (Å²) in [5.41, 5.74) is 0. The SMILES string of the molecule is BrC(Br)(Br)C1CCC(C(Br)(Br)Br)CC1. The molecule has 0 unspecified atom stereocenters. The molecule has 1 aliphatic carbocycles. The fourth-order valence-corrected chi connectivity index (χ4v) is 4.50. The molecule has 1 saturated carbocycles. The molecule has 0 amide bonds. The molecule has 0 N–H and O–H groups in total. The summed E-state index contributed by atoms with van der Waals surface area (Å²) in [6.45, 7) is 0. The van der Waals surface area contributed by atoms with Crippen LogP contribution in [0.15, 0.2) is 0 Å². The van der Waals surface area contributed by atoms with Gasteiger partial charge in [-0.3, -0.25) is 0 Å². The normalized spacial score (nSPS) is 30.4. The highest BCUT2D eigenvalue weighted by atomic mass is 80.0. The van der Waals surface area contributed by atoms with E-state index in [0.29, 0.717) is 11.8 Å². The summed E-state index contributed by atoms with van der Waals surface area (Å²) in [6.07, 6.45) is 4.88. The van der Waals surface area contributed by atoms with Crippen LogP contribution in [0.3, 0.4) is 0 Å². The smallest absolute Gasteiger partial charge is 0.0596 e. The zero-order valence-electron chi connectivity index (χ0n) is 7.25. The van der Waals surface area contributed by atoms with Gasteiger partial charge in [0.15, 0.2) is 0 Å². The van der Waals surface area contributed by atoms with Crippen LogP contribution >= 0.6 is 95.6 Å². The first-order valence-corrected chi connectivity index (χ1v) is 9.10. The van der Waals surface area contributed by atoms with E-state index in [2.05, 4.69) is 95.6 Å². The molecule has 1 rings (SSSR count). The first-order chi connectivity index (χ1) is 6.21. The number of hydrogen-bond donors (Lipinski definition) is 0. The van der Waals surface area contributed by atoms with E-state index in [1.807, 2.05) is 0 Å². The van der Waals surface area contributed by atoms with Gasteiger partial charge in [0.05, 0.1) is 0 Å². The van der Waals surface area contributed by atoms with Crippen LogP contribution in [-0.4, -0.2) is 4.29 Å². The quantitative estimate of drug-likeness (QED) is 0.286. The second-order valence-corrected chi connectivity index (χ2v) is 17.5. The summed E-state index contributed by atoms with van der Waals surface area (Å²) in [5, 5.41) is 0. The Hall–Kier alpha value is 2.88. The third-order valence-electron chi connectivity index (χ3n) is 2.65. The maximum atomic E-state index is 3.61. The Labute approximate surface area is 135 Å². The van der Waals surface area contributed by atoms with Gasteiger partial charge in [-0.2, -0.15) is 0 Å². The first-order valence-electron chi connectivity index (χ1n) is 4.34. The summed E-state index contributed by atoms with van der Waals surface area (Å²) in [6, 6.07) is 0. The molecule has 0 aliphatic heterocycles. The Morgan fingerprint density at radius 3 is 0.929 bits per heavy atom. The molecule has 6 heteroatoms. The van der Waals surface area contributed by atoms with Crippen LogP contribution in [0.4, 0.5) is 0 Å². The Bertz CT molecular complexity index is 161. The summed E-state index contributed by atoms with van der Waals surface area (Å²) < 4.78 is -0.156. The number of rotatable bonds is 0. The third kappa shape index (κ3) is 4.63. The molecule has 0 aromatic heterocycles. The molecule has 84 valence electrons. The lowest BCUT2D eigenvalue weighted by molar-refractivity contribution is 0.298. The van der Waals surface area contributed by atoms with Crippen molar-refractivity contribution in [1.29, 1.82) is 0 Å². The minimum atomic E-state index is -0.0778. The van der Waals surface area contributed by atoms with Gasteiger partial charge in [0.1, 0.15) is 4.29 Å². The van der Waals surface area contributed by atoms with Crippen molar-refractivity contribution in [3.63, 3.8) is 0 Å². The lowest BCUT2D eigenvalue weighted by Gasteiger charge is -2.36. The van der Waals surface area contributed by atoms with Crippen molar-refractivity contribution >= 4 is 95.6 Å². The molecule has 0 radical (unpaired) electrons. The van der Waals surface area contributed by atoms with E-state index in [1.165, 1.54) is 25.7 Å². The average molecular weight is 586 g/mol. The molecule has 0 nitrogen and oxygen atoms in total. The van der Waals surface area contributed by atoms with E-state index in [4.69, 9.17) is 0 Å². The monoisotopic (exact) mass is 580 g/mol. The molecule has 14 heavy (non-hydrogen) atoms. The molecular weight excluding hydrogens is 576 g/mol. The predicted octanol–water partition coefficient (Wildman–Crippen LogP) is 6.47. The van der Waals surface area contributed by atoms with Gasteiger partial charge in [0.25, 0.3) is 0 Å². The van der Waals surface area contributed by atoms with Crippen molar-refractivity contribution in [2.45, 2.75) is 30.0 Å². The summed E-state index contributed by atoms with van der Waals surface area (Å²) in [5.74, 6) is 1.29. The Morgan fingerprint density at radius 1 is 0.571 bits per heavy atom. The van der Waals surface area contributed by atoms with Gasteiger partial charge in [-0.1, -0.05) is 95.6 Å². The molecule has 0 saturated heterocycles. The van der Waals surface area contributed by atoms with Crippen LogP contribution in [0.1, 0.15) is 25.7 Å². The van der Waals surface area contributed by atoms with Gasteiger partial charge in [-0.25, -0.2) is 0 Å². The summed E-state index contributed by atoms with van der Waals surface area (Å²) in [7, 11) is 0. The zero-order valence-corrected chi connectivity index (χ0v) is 16.8. The van der Waals surface area contributed by atoms with E-state index < -0.39 is 0 Å². The molecule has 0 atom stereocenters. The Balaban J connectivity index is 2.47. The highest BCUT2D eigenvalue weighted by Crippen LogP contribution is 2.53. The van der Waals surface area contributed by atoms with Crippen molar-refractivity contribution in [3.8, 4) is 0 Å². The van der Waals surface area contributed by atoms with Gasteiger partial charge in [-0.05, 0) is 37.5 Å². The fourth-order valence-electron chi connectivity index (χ4n) is 1.75. The Morgan fingerprint density at radius 2 is 0.786 bits per heavy atom. The summed E-state index contributed by atoms with van der Waals surface area (Å²) >= 11 is 21.7. The molecule has 1 fully saturated rings. The lowest BCUT2D eigenvalue weighted by atomic mass is 9.84. The molecule has 1 aliphatic rings. The van der Waals surface area contributed by atoms with Gasteiger partial charge in [0.2, 0.25) is 0 Å². The molecular formula is C8H10Br6. The average Bonchev–Trinajstić information content (AvgIpc) is 2.01. The largest absolute Gasteiger partial charge is 0.137 e. The molecule has 0 heterocycles. The predicted molar refractivity (Wildman–Crippen MR) is 84.5 cm³/mol. The van der Waals surface area contributed by atoms with Gasteiger partial charge >= 0.3 is 0 Å². The second kappa shape index (κ2) is 5.68. The standard InChI is InChI=1S/C8H10Br6/c9-7(10,11)5-1-2-6(4-3-5)8(12,13)14/h5-6H,1-4H2. The van der Waals surface area contributed by atoms with Crippen molar-refractivity contribution in [1.82, 2.24) is 0 Å². The summed E-state index contributed by atoms with van der Waals surface area (Å²) in [4.78, 5) is 0. The number of alkyl halides is 6. The fraction of sp³-hybridized carbons (Fsp3) is 1.00. The third-order valence-corrected chi connectivity index (χ3v) is 6.54. The Kier molecular flexibility index (Phi) is 6.06. The molecule has 0 spiro atoms. The molecule has 0 aromatic carbocycles. The van der Waals surface area contributed by atoms with Crippen molar-refractivity contribution in [3.05, 3.63) is 0 Å². The van der Waals surface area contributed by atoms with Crippen LogP contribution in [0.25, 0.3) is 0 Å². The van der Waals surface area contributed by atoms with Crippen LogP contribution in [0.2, 0.25) is 0 Å². The zero-order chi connectivity index (χ0) is 11.0. The topological polar surface area (TPSA) is 0 Å². The van der Waals surface area contributed by atoms with E-state index in [1.54, 1.807) is 0 Å². The lowest BCUT2D eigenvalue weighted by Crippen LogP contribution is -2.29.